The fraction of sp³-hybridized carbons (Fsp3) is 0.0833. The minimum absolute atomic E-state index is 0.892. The molecular formula is C12H9NO. The Balaban J connectivity index is 2.66. The smallest absolute Gasteiger partial charge is 0.182 e. The Bertz CT molecular complexity index is 610. The third-order valence-corrected chi connectivity index (χ3v) is 2.51. The van der Waals surface area contributed by atoms with Gasteiger partial charge in [-0.1, -0.05) is 24.3 Å². The summed E-state index contributed by atoms with van der Waals surface area (Å²) in [4.78, 5) is 4.24. The minimum atomic E-state index is 0.892. The lowest BCUT2D eigenvalue weighted by Gasteiger charge is -1.99. The summed E-state index contributed by atoms with van der Waals surface area (Å²) in [5, 5.41) is 2.37. The van der Waals surface area contributed by atoms with Crippen molar-refractivity contribution in [1.82, 2.24) is 4.98 Å². The normalized spacial score (nSPS) is 11.2. The highest BCUT2D eigenvalue weighted by molar-refractivity contribution is 6.04. The second kappa shape index (κ2) is 2.58. The van der Waals surface area contributed by atoms with Crippen molar-refractivity contribution in [2.45, 2.75) is 6.92 Å². The van der Waals surface area contributed by atoms with E-state index in [-0.39, 0.29) is 0 Å². The van der Waals surface area contributed by atoms with Gasteiger partial charge in [0.2, 0.25) is 0 Å². The summed E-state index contributed by atoms with van der Waals surface area (Å²) in [5.74, 6) is 0. The topological polar surface area (TPSA) is 26.0 Å². The van der Waals surface area contributed by atoms with Gasteiger partial charge < -0.3 is 4.42 Å². The summed E-state index contributed by atoms with van der Waals surface area (Å²) in [6, 6.07) is 10.3. The van der Waals surface area contributed by atoms with Crippen molar-refractivity contribution in [3.8, 4) is 0 Å². The summed E-state index contributed by atoms with van der Waals surface area (Å²) < 4.78 is 5.35. The quantitative estimate of drug-likeness (QED) is 0.534. The number of rotatable bonds is 0. The average molecular weight is 183 g/mol. The molecule has 0 aliphatic carbocycles. The van der Waals surface area contributed by atoms with Gasteiger partial charge in [-0.15, -0.1) is 0 Å². The molecule has 68 valence electrons. The lowest BCUT2D eigenvalue weighted by Crippen LogP contribution is -1.79. The first kappa shape index (κ1) is 7.56. The van der Waals surface area contributed by atoms with Gasteiger partial charge in [-0.05, 0) is 23.9 Å². The molecule has 3 rings (SSSR count). The van der Waals surface area contributed by atoms with Gasteiger partial charge in [-0.25, -0.2) is 4.98 Å². The van der Waals surface area contributed by atoms with Crippen LogP contribution >= 0.6 is 0 Å². The molecule has 1 heterocycles. The third-order valence-electron chi connectivity index (χ3n) is 2.51. The van der Waals surface area contributed by atoms with Crippen LogP contribution in [0.25, 0.3) is 21.9 Å². The van der Waals surface area contributed by atoms with Gasteiger partial charge in [-0.3, -0.25) is 0 Å². The van der Waals surface area contributed by atoms with E-state index in [2.05, 4.69) is 23.2 Å². The average Bonchev–Trinajstić information content (AvgIpc) is 2.67. The molecule has 0 spiro atoms. The number of aryl methyl sites for hydroxylation is 1. The molecule has 2 aromatic carbocycles. The molecule has 2 nitrogen and oxygen atoms in total. The fourth-order valence-electron chi connectivity index (χ4n) is 1.86. The largest absolute Gasteiger partial charge is 0.443 e. The van der Waals surface area contributed by atoms with Gasteiger partial charge in [0.25, 0.3) is 0 Å². The molecule has 0 fully saturated rings. The number of aromatic nitrogens is 1. The van der Waals surface area contributed by atoms with Crippen LogP contribution in [0, 0.1) is 6.92 Å². The van der Waals surface area contributed by atoms with Crippen LogP contribution in [0.5, 0.6) is 0 Å². The molecule has 0 amide bonds. The van der Waals surface area contributed by atoms with Crippen molar-refractivity contribution < 1.29 is 4.42 Å². The molecule has 1 aromatic heterocycles. The number of benzene rings is 2. The molecule has 0 saturated heterocycles. The summed E-state index contributed by atoms with van der Waals surface area (Å²) in [6.07, 6.45) is 1.50. The molecule has 2 heteroatoms. The second-order valence-corrected chi connectivity index (χ2v) is 3.44. The number of hydrogen-bond acceptors (Lipinski definition) is 2. The van der Waals surface area contributed by atoms with Crippen LogP contribution in [-0.2, 0) is 0 Å². The molecule has 14 heavy (non-hydrogen) atoms. The summed E-state index contributed by atoms with van der Waals surface area (Å²) in [5.41, 5.74) is 2.99. The lowest BCUT2D eigenvalue weighted by molar-refractivity contribution is 0.600. The van der Waals surface area contributed by atoms with Crippen molar-refractivity contribution in [2.24, 2.45) is 0 Å². The van der Waals surface area contributed by atoms with Crippen LogP contribution in [0.1, 0.15) is 5.56 Å². The molecule has 0 bridgehead atoms. The maximum Gasteiger partial charge on any atom is 0.182 e. The highest BCUT2D eigenvalue weighted by atomic mass is 16.3. The van der Waals surface area contributed by atoms with E-state index >= 15 is 0 Å². The Morgan fingerprint density at radius 2 is 2.07 bits per heavy atom. The lowest BCUT2D eigenvalue weighted by atomic mass is 10.1. The van der Waals surface area contributed by atoms with E-state index in [1.807, 2.05) is 19.1 Å². The van der Waals surface area contributed by atoms with Crippen molar-refractivity contribution in [1.29, 1.82) is 0 Å². The van der Waals surface area contributed by atoms with Crippen LogP contribution in [-0.4, -0.2) is 4.98 Å². The van der Waals surface area contributed by atoms with E-state index < -0.39 is 0 Å². The molecule has 0 unspecified atom stereocenters. The number of oxazole rings is 1. The van der Waals surface area contributed by atoms with Gasteiger partial charge in [0.1, 0.15) is 5.52 Å². The third kappa shape index (κ3) is 0.880. The van der Waals surface area contributed by atoms with E-state index in [9.17, 15) is 0 Å². The second-order valence-electron chi connectivity index (χ2n) is 3.44. The molecule has 0 atom stereocenters. The highest BCUT2D eigenvalue weighted by Gasteiger charge is 2.06. The predicted molar refractivity (Wildman–Crippen MR) is 56.3 cm³/mol. The summed E-state index contributed by atoms with van der Waals surface area (Å²) in [7, 11) is 0. The molecule has 0 aliphatic heterocycles. The molecule has 0 saturated carbocycles. The number of hydrogen-bond donors (Lipinski definition) is 0. The van der Waals surface area contributed by atoms with E-state index in [1.54, 1.807) is 0 Å². The van der Waals surface area contributed by atoms with Crippen molar-refractivity contribution in [3.05, 3.63) is 42.3 Å². The molecule has 0 radical (unpaired) electrons. The minimum Gasteiger partial charge on any atom is -0.443 e. The van der Waals surface area contributed by atoms with Crippen LogP contribution < -0.4 is 0 Å². The Hall–Kier alpha value is -1.83. The number of nitrogens with zero attached hydrogens (tertiary/aromatic N) is 1. The van der Waals surface area contributed by atoms with Gasteiger partial charge in [0.05, 0.1) is 0 Å². The van der Waals surface area contributed by atoms with Crippen molar-refractivity contribution in [2.75, 3.05) is 0 Å². The first-order valence-electron chi connectivity index (χ1n) is 4.58. The standard InChI is InChI=1S/C12H9NO/c1-8-6-9-4-2-3-5-10(9)11-12(8)14-7-13-11/h2-7H,1H3. The number of fused-ring (bicyclic) bond motifs is 3. The zero-order chi connectivity index (χ0) is 9.54. The van der Waals surface area contributed by atoms with Gasteiger partial charge >= 0.3 is 0 Å². The van der Waals surface area contributed by atoms with Crippen LogP contribution in [0.15, 0.2) is 41.1 Å². The van der Waals surface area contributed by atoms with Crippen LogP contribution in [0.4, 0.5) is 0 Å². The van der Waals surface area contributed by atoms with E-state index in [1.165, 1.54) is 11.8 Å². The highest BCUT2D eigenvalue weighted by Crippen LogP contribution is 2.26. The maximum absolute atomic E-state index is 5.35. The Labute approximate surface area is 81.2 Å². The zero-order valence-corrected chi connectivity index (χ0v) is 7.82. The summed E-state index contributed by atoms with van der Waals surface area (Å²) >= 11 is 0. The molecular weight excluding hydrogens is 174 g/mol. The van der Waals surface area contributed by atoms with Gasteiger partial charge in [-0.2, -0.15) is 0 Å². The molecule has 3 aromatic rings. The maximum atomic E-state index is 5.35. The zero-order valence-electron chi connectivity index (χ0n) is 7.82. The summed E-state index contributed by atoms with van der Waals surface area (Å²) in [6.45, 7) is 2.04. The van der Waals surface area contributed by atoms with Crippen molar-refractivity contribution in [3.63, 3.8) is 0 Å². The Morgan fingerprint density at radius 1 is 1.21 bits per heavy atom. The van der Waals surface area contributed by atoms with E-state index in [0.29, 0.717) is 0 Å². The molecule has 0 N–H and O–H groups in total. The van der Waals surface area contributed by atoms with E-state index in [0.717, 1.165) is 22.0 Å². The van der Waals surface area contributed by atoms with Gasteiger partial charge in [0.15, 0.2) is 12.0 Å². The first-order chi connectivity index (χ1) is 6.86. The van der Waals surface area contributed by atoms with Crippen LogP contribution in [0.2, 0.25) is 0 Å². The Kier molecular flexibility index (Phi) is 1.39. The molecule has 0 aliphatic rings. The van der Waals surface area contributed by atoms with Gasteiger partial charge in [0, 0.05) is 5.39 Å². The monoisotopic (exact) mass is 183 g/mol. The Morgan fingerprint density at radius 3 is 3.00 bits per heavy atom. The first-order valence-corrected chi connectivity index (χ1v) is 4.58. The van der Waals surface area contributed by atoms with Crippen LogP contribution in [0.3, 0.4) is 0 Å². The van der Waals surface area contributed by atoms with E-state index in [4.69, 9.17) is 4.42 Å². The fourth-order valence-corrected chi connectivity index (χ4v) is 1.86. The predicted octanol–water partition coefficient (Wildman–Crippen LogP) is 3.29. The van der Waals surface area contributed by atoms with Crippen molar-refractivity contribution >= 4 is 21.9 Å². The SMILES string of the molecule is Cc1cc2ccccc2c2ncoc12.